The van der Waals surface area contributed by atoms with Crippen LogP contribution in [-0.2, 0) is 0 Å². The lowest BCUT2D eigenvalue weighted by Crippen LogP contribution is -1.90. The van der Waals surface area contributed by atoms with Crippen LogP contribution in [0, 0.1) is 6.92 Å². The third-order valence-corrected chi connectivity index (χ3v) is 3.36. The number of hydrogen-bond acceptors (Lipinski definition) is 2. The van der Waals surface area contributed by atoms with E-state index < -0.39 is 0 Å². The van der Waals surface area contributed by atoms with Crippen molar-refractivity contribution in [2.75, 3.05) is 0 Å². The van der Waals surface area contributed by atoms with E-state index in [1.165, 1.54) is 6.07 Å². The van der Waals surface area contributed by atoms with Crippen molar-refractivity contribution in [1.82, 2.24) is 9.97 Å². The molecule has 1 aromatic heterocycles. The minimum atomic E-state index is 0.343. The van der Waals surface area contributed by atoms with E-state index in [2.05, 4.69) is 25.9 Å². The molecule has 0 N–H and O–H groups in total. The molecule has 16 heavy (non-hydrogen) atoms. The maximum Gasteiger partial charge on any atom is 0.162 e. The van der Waals surface area contributed by atoms with E-state index in [0.717, 1.165) is 15.6 Å². The predicted molar refractivity (Wildman–Crippen MR) is 69.9 cm³/mol. The highest BCUT2D eigenvalue weighted by Crippen LogP contribution is 2.24. The van der Waals surface area contributed by atoms with Gasteiger partial charge in [0.15, 0.2) is 5.82 Å². The quantitative estimate of drug-likeness (QED) is 0.723. The second-order valence-corrected chi connectivity index (χ2v) is 4.93. The maximum atomic E-state index is 5.83. The van der Waals surface area contributed by atoms with Crippen LogP contribution in [-0.4, -0.2) is 9.97 Å². The molecule has 0 unspecified atom stereocenters. The summed E-state index contributed by atoms with van der Waals surface area (Å²) in [7, 11) is 0. The first kappa shape index (κ1) is 11.8. The fourth-order valence-corrected chi connectivity index (χ4v) is 1.97. The lowest BCUT2D eigenvalue weighted by atomic mass is 10.1. The number of aromatic nitrogens is 2. The van der Waals surface area contributed by atoms with Crippen molar-refractivity contribution >= 4 is 39.1 Å². The van der Waals surface area contributed by atoms with E-state index in [1.807, 2.05) is 25.1 Å². The first-order valence-electron chi connectivity index (χ1n) is 4.53. The first-order chi connectivity index (χ1) is 7.56. The van der Waals surface area contributed by atoms with Crippen LogP contribution in [0.3, 0.4) is 0 Å². The minimum absolute atomic E-state index is 0.343. The fraction of sp³-hybridized carbons (Fsp3) is 0.0909. The number of benzene rings is 1. The summed E-state index contributed by atoms with van der Waals surface area (Å²) in [5, 5.41) is 0.686. The Morgan fingerprint density at radius 2 is 1.69 bits per heavy atom. The van der Waals surface area contributed by atoms with Crippen LogP contribution in [0.2, 0.25) is 10.3 Å². The highest BCUT2D eigenvalue weighted by Gasteiger charge is 2.06. The number of aryl methyl sites for hydroxylation is 1. The fourth-order valence-electron chi connectivity index (χ4n) is 1.30. The summed E-state index contributed by atoms with van der Waals surface area (Å²) in [5.74, 6) is 0.535. The van der Waals surface area contributed by atoms with Gasteiger partial charge in [0.25, 0.3) is 0 Å². The highest BCUT2D eigenvalue weighted by molar-refractivity contribution is 9.10. The van der Waals surface area contributed by atoms with E-state index in [-0.39, 0.29) is 0 Å². The Labute approximate surface area is 112 Å². The van der Waals surface area contributed by atoms with Crippen molar-refractivity contribution in [3.63, 3.8) is 0 Å². The Hall–Kier alpha value is -0.640. The lowest BCUT2D eigenvalue weighted by molar-refractivity contribution is 1.17. The molecule has 0 amide bonds. The number of hydrogen-bond donors (Lipinski definition) is 0. The van der Waals surface area contributed by atoms with Gasteiger partial charge in [-0.05, 0) is 24.6 Å². The third kappa shape index (κ3) is 2.54. The lowest BCUT2D eigenvalue weighted by Gasteiger charge is -2.04. The van der Waals surface area contributed by atoms with E-state index in [9.17, 15) is 0 Å². The molecule has 0 atom stereocenters. The van der Waals surface area contributed by atoms with Gasteiger partial charge in [0.1, 0.15) is 10.3 Å². The Bertz CT molecular complexity index is 523. The molecule has 0 fully saturated rings. The number of nitrogens with zero attached hydrogens (tertiary/aromatic N) is 2. The molecule has 0 aliphatic rings. The zero-order valence-corrected chi connectivity index (χ0v) is 11.4. The van der Waals surface area contributed by atoms with Gasteiger partial charge in [-0.25, -0.2) is 9.97 Å². The van der Waals surface area contributed by atoms with Crippen molar-refractivity contribution in [2.24, 2.45) is 0 Å². The molecule has 0 saturated carbocycles. The maximum absolute atomic E-state index is 5.83. The summed E-state index contributed by atoms with van der Waals surface area (Å²) < 4.78 is 1.05. The minimum Gasteiger partial charge on any atom is -0.216 e. The van der Waals surface area contributed by atoms with E-state index in [1.54, 1.807) is 0 Å². The van der Waals surface area contributed by atoms with E-state index in [4.69, 9.17) is 23.2 Å². The molecule has 0 saturated heterocycles. The van der Waals surface area contributed by atoms with Crippen LogP contribution in [0.4, 0.5) is 0 Å². The van der Waals surface area contributed by atoms with Crippen LogP contribution < -0.4 is 0 Å². The summed E-state index contributed by atoms with van der Waals surface area (Å²) in [5.41, 5.74) is 2.00. The average Bonchev–Trinajstić information content (AvgIpc) is 2.20. The van der Waals surface area contributed by atoms with E-state index >= 15 is 0 Å². The second-order valence-electron chi connectivity index (χ2n) is 3.30. The van der Waals surface area contributed by atoms with Gasteiger partial charge in [-0.15, -0.1) is 0 Å². The van der Waals surface area contributed by atoms with Crippen molar-refractivity contribution < 1.29 is 0 Å². The Kier molecular flexibility index (Phi) is 3.47. The SMILES string of the molecule is Cc1cc(-c2nc(Cl)cc(Cl)n2)ccc1Br. The average molecular weight is 318 g/mol. The monoisotopic (exact) mass is 316 g/mol. The molecule has 0 radical (unpaired) electrons. The van der Waals surface area contributed by atoms with Gasteiger partial charge in [-0.2, -0.15) is 0 Å². The summed E-state index contributed by atoms with van der Waals surface area (Å²) in [6.07, 6.45) is 0. The zero-order valence-electron chi connectivity index (χ0n) is 8.34. The molecular formula is C11H7BrCl2N2. The van der Waals surface area contributed by atoms with Gasteiger partial charge in [-0.1, -0.05) is 45.2 Å². The molecule has 0 bridgehead atoms. The number of rotatable bonds is 1. The molecule has 82 valence electrons. The summed E-state index contributed by atoms with van der Waals surface area (Å²) in [6, 6.07) is 7.35. The van der Waals surface area contributed by atoms with Gasteiger partial charge in [0.05, 0.1) is 0 Å². The smallest absolute Gasteiger partial charge is 0.162 e. The van der Waals surface area contributed by atoms with Crippen LogP contribution >= 0.6 is 39.1 Å². The van der Waals surface area contributed by atoms with E-state index in [0.29, 0.717) is 16.1 Å². The normalized spacial score (nSPS) is 10.5. The molecule has 2 nitrogen and oxygen atoms in total. The molecule has 1 heterocycles. The molecule has 1 aromatic carbocycles. The topological polar surface area (TPSA) is 25.8 Å². The Morgan fingerprint density at radius 1 is 1.06 bits per heavy atom. The van der Waals surface area contributed by atoms with Crippen molar-refractivity contribution in [3.8, 4) is 11.4 Å². The van der Waals surface area contributed by atoms with Gasteiger partial charge in [0, 0.05) is 16.1 Å². The standard InChI is InChI=1S/C11H7BrCl2N2/c1-6-4-7(2-3-8(6)12)11-15-9(13)5-10(14)16-11/h2-5H,1H3. The Balaban J connectivity index is 2.54. The molecule has 0 spiro atoms. The largest absolute Gasteiger partial charge is 0.216 e. The van der Waals surface area contributed by atoms with Crippen LogP contribution in [0.5, 0.6) is 0 Å². The molecule has 0 aliphatic carbocycles. The molecule has 2 rings (SSSR count). The molecule has 2 aromatic rings. The van der Waals surface area contributed by atoms with Crippen molar-refractivity contribution in [3.05, 3.63) is 44.6 Å². The molecular weight excluding hydrogens is 311 g/mol. The second kappa shape index (κ2) is 4.70. The van der Waals surface area contributed by atoms with Gasteiger partial charge in [-0.3, -0.25) is 0 Å². The van der Waals surface area contributed by atoms with Crippen LogP contribution in [0.15, 0.2) is 28.7 Å². The Morgan fingerprint density at radius 3 is 2.25 bits per heavy atom. The molecule has 0 aliphatic heterocycles. The van der Waals surface area contributed by atoms with Gasteiger partial charge >= 0.3 is 0 Å². The van der Waals surface area contributed by atoms with Gasteiger partial charge in [0.2, 0.25) is 0 Å². The zero-order chi connectivity index (χ0) is 11.7. The first-order valence-corrected chi connectivity index (χ1v) is 6.08. The summed E-state index contributed by atoms with van der Waals surface area (Å²) in [6.45, 7) is 2.00. The predicted octanol–water partition coefficient (Wildman–Crippen LogP) is 4.52. The van der Waals surface area contributed by atoms with Crippen molar-refractivity contribution in [2.45, 2.75) is 6.92 Å². The highest BCUT2D eigenvalue weighted by atomic mass is 79.9. The van der Waals surface area contributed by atoms with Gasteiger partial charge < -0.3 is 0 Å². The number of halogens is 3. The summed E-state index contributed by atoms with van der Waals surface area (Å²) in [4.78, 5) is 8.26. The third-order valence-electron chi connectivity index (χ3n) is 2.08. The molecule has 5 heteroatoms. The summed E-state index contributed by atoms with van der Waals surface area (Å²) >= 11 is 15.1. The van der Waals surface area contributed by atoms with Crippen LogP contribution in [0.25, 0.3) is 11.4 Å². The van der Waals surface area contributed by atoms with Crippen molar-refractivity contribution in [1.29, 1.82) is 0 Å². The van der Waals surface area contributed by atoms with Crippen LogP contribution in [0.1, 0.15) is 5.56 Å².